The molecule has 0 unspecified atom stereocenters. The van der Waals surface area contributed by atoms with Gasteiger partial charge in [0, 0.05) is 23.0 Å². The fraction of sp³-hybridized carbons (Fsp3) is 0.0526. The van der Waals surface area contributed by atoms with E-state index in [0.29, 0.717) is 16.4 Å². The van der Waals surface area contributed by atoms with Crippen molar-refractivity contribution in [2.24, 2.45) is 5.10 Å². The number of sulfonamides is 1. The third-order valence-corrected chi connectivity index (χ3v) is 5.58. The molecular formula is C19H16ClN5O4S. The summed E-state index contributed by atoms with van der Waals surface area (Å²) in [7, 11) is -4.04. The molecular weight excluding hydrogens is 430 g/mol. The summed E-state index contributed by atoms with van der Waals surface area (Å²) in [6, 6.07) is 14.8. The van der Waals surface area contributed by atoms with Crippen LogP contribution in [0, 0.1) is 10.1 Å². The van der Waals surface area contributed by atoms with E-state index < -0.39 is 20.6 Å². The van der Waals surface area contributed by atoms with Crippen LogP contribution in [-0.2, 0) is 10.0 Å². The summed E-state index contributed by atoms with van der Waals surface area (Å²) in [5.41, 5.74) is 3.59. The number of halogens is 1. The van der Waals surface area contributed by atoms with Gasteiger partial charge in [0.15, 0.2) is 0 Å². The van der Waals surface area contributed by atoms with Crippen LogP contribution in [0.5, 0.6) is 0 Å². The Morgan fingerprint density at radius 2 is 1.87 bits per heavy atom. The van der Waals surface area contributed by atoms with Crippen LogP contribution in [0.4, 0.5) is 17.1 Å². The van der Waals surface area contributed by atoms with Crippen molar-refractivity contribution in [3.05, 3.63) is 87.7 Å². The highest BCUT2D eigenvalue weighted by atomic mass is 35.5. The van der Waals surface area contributed by atoms with Crippen LogP contribution in [0.15, 0.2) is 76.9 Å². The zero-order valence-electron chi connectivity index (χ0n) is 15.6. The minimum atomic E-state index is -4.04. The fourth-order valence-electron chi connectivity index (χ4n) is 2.43. The molecule has 0 bridgehead atoms. The molecule has 0 spiro atoms. The molecule has 0 amide bonds. The summed E-state index contributed by atoms with van der Waals surface area (Å²) < 4.78 is 27.6. The second-order valence-electron chi connectivity index (χ2n) is 6.07. The number of rotatable bonds is 7. The third-order valence-electron chi connectivity index (χ3n) is 3.95. The van der Waals surface area contributed by atoms with E-state index in [9.17, 15) is 18.5 Å². The zero-order chi connectivity index (χ0) is 21.7. The topological polar surface area (TPSA) is 127 Å². The van der Waals surface area contributed by atoms with Crippen LogP contribution in [0.25, 0.3) is 0 Å². The van der Waals surface area contributed by atoms with Gasteiger partial charge in [-0.2, -0.15) is 5.10 Å². The summed E-state index contributed by atoms with van der Waals surface area (Å²) in [6.07, 6.45) is 1.60. The standard InChI is InChI=1S/C19H16ClN5O4S/c1-13(17-4-2-3-11-21-17)22-23-18-10-9-16(12-19(18)25(26)27)30(28,29)24-15-7-5-14(20)6-8-15/h2-12,23-24H,1H3/b22-13-. The maximum Gasteiger partial charge on any atom is 0.295 e. The van der Waals surface area contributed by atoms with Crippen LogP contribution >= 0.6 is 11.6 Å². The van der Waals surface area contributed by atoms with Crippen molar-refractivity contribution in [1.29, 1.82) is 0 Å². The smallest absolute Gasteiger partial charge is 0.280 e. The molecule has 154 valence electrons. The Labute approximate surface area is 177 Å². The van der Waals surface area contributed by atoms with Crippen molar-refractivity contribution in [3.8, 4) is 0 Å². The Morgan fingerprint density at radius 3 is 2.50 bits per heavy atom. The number of hydrogen-bond donors (Lipinski definition) is 2. The van der Waals surface area contributed by atoms with Crippen molar-refractivity contribution in [3.63, 3.8) is 0 Å². The Bertz CT molecular complexity index is 1200. The number of nitro groups is 1. The quantitative estimate of drug-likeness (QED) is 0.317. The highest BCUT2D eigenvalue weighted by Gasteiger charge is 2.21. The molecule has 0 saturated carbocycles. The van der Waals surface area contributed by atoms with Gasteiger partial charge in [0.2, 0.25) is 0 Å². The van der Waals surface area contributed by atoms with E-state index in [1.165, 1.54) is 36.4 Å². The number of benzene rings is 2. The molecule has 9 nitrogen and oxygen atoms in total. The normalized spacial score (nSPS) is 11.7. The molecule has 0 aliphatic rings. The number of hydrogen-bond acceptors (Lipinski definition) is 7. The second kappa shape index (κ2) is 8.89. The highest BCUT2D eigenvalue weighted by molar-refractivity contribution is 7.92. The predicted molar refractivity (Wildman–Crippen MR) is 115 cm³/mol. The van der Waals surface area contributed by atoms with Gasteiger partial charge >= 0.3 is 0 Å². The van der Waals surface area contributed by atoms with E-state index in [4.69, 9.17) is 11.6 Å². The molecule has 30 heavy (non-hydrogen) atoms. The molecule has 0 atom stereocenters. The number of pyridine rings is 1. The molecule has 0 fully saturated rings. The average molecular weight is 446 g/mol. The maximum absolute atomic E-state index is 12.6. The van der Waals surface area contributed by atoms with E-state index >= 15 is 0 Å². The lowest BCUT2D eigenvalue weighted by Crippen LogP contribution is -2.13. The van der Waals surface area contributed by atoms with Crippen LogP contribution in [0.2, 0.25) is 5.02 Å². The van der Waals surface area contributed by atoms with E-state index in [-0.39, 0.29) is 16.3 Å². The highest BCUT2D eigenvalue weighted by Crippen LogP contribution is 2.29. The van der Waals surface area contributed by atoms with Gasteiger partial charge in [0.05, 0.1) is 21.2 Å². The number of nitro benzene ring substituents is 1. The Kier molecular flexibility index (Phi) is 6.28. The first kappa shape index (κ1) is 21.2. The van der Waals surface area contributed by atoms with E-state index in [0.717, 1.165) is 6.07 Å². The molecule has 3 rings (SSSR count). The first-order chi connectivity index (χ1) is 14.3. The third kappa shape index (κ3) is 5.10. The molecule has 0 aliphatic carbocycles. The van der Waals surface area contributed by atoms with Crippen molar-refractivity contribution in [2.45, 2.75) is 11.8 Å². The molecule has 2 aromatic carbocycles. The van der Waals surface area contributed by atoms with Gasteiger partial charge in [-0.1, -0.05) is 17.7 Å². The van der Waals surface area contributed by atoms with Crippen molar-refractivity contribution in [1.82, 2.24) is 4.98 Å². The Hall–Kier alpha value is -3.50. The maximum atomic E-state index is 12.6. The predicted octanol–water partition coefficient (Wildman–Crippen LogP) is 4.28. The zero-order valence-corrected chi connectivity index (χ0v) is 17.2. The van der Waals surface area contributed by atoms with E-state index in [1.807, 2.05) is 0 Å². The van der Waals surface area contributed by atoms with Crippen LogP contribution < -0.4 is 10.1 Å². The molecule has 0 saturated heterocycles. The lowest BCUT2D eigenvalue weighted by Gasteiger charge is -2.10. The number of nitrogens with zero attached hydrogens (tertiary/aromatic N) is 3. The van der Waals surface area contributed by atoms with Gasteiger partial charge in [-0.3, -0.25) is 25.2 Å². The van der Waals surface area contributed by atoms with E-state index in [2.05, 4.69) is 20.2 Å². The Morgan fingerprint density at radius 1 is 1.13 bits per heavy atom. The fourth-order valence-corrected chi connectivity index (χ4v) is 3.64. The van der Waals surface area contributed by atoms with E-state index in [1.54, 1.807) is 31.3 Å². The molecule has 11 heteroatoms. The number of hydrazone groups is 1. The lowest BCUT2D eigenvalue weighted by molar-refractivity contribution is -0.384. The first-order valence-corrected chi connectivity index (χ1v) is 10.4. The minimum absolute atomic E-state index is 0.0423. The van der Waals surface area contributed by atoms with Crippen LogP contribution in [0.1, 0.15) is 12.6 Å². The summed E-state index contributed by atoms with van der Waals surface area (Å²) in [5, 5.41) is 16.0. The summed E-state index contributed by atoms with van der Waals surface area (Å²) in [5.74, 6) is 0. The largest absolute Gasteiger partial charge is 0.295 e. The van der Waals surface area contributed by atoms with Crippen molar-refractivity contribution in [2.75, 3.05) is 10.1 Å². The van der Waals surface area contributed by atoms with Gasteiger partial charge in [0.25, 0.3) is 15.7 Å². The number of anilines is 2. The Balaban J connectivity index is 1.87. The van der Waals surface area contributed by atoms with Gasteiger partial charge in [0.1, 0.15) is 5.69 Å². The molecule has 1 aromatic heterocycles. The summed E-state index contributed by atoms with van der Waals surface area (Å²) in [6.45, 7) is 1.69. The van der Waals surface area contributed by atoms with Gasteiger partial charge in [-0.25, -0.2) is 8.42 Å². The van der Waals surface area contributed by atoms with Gasteiger partial charge in [-0.05, 0) is 55.5 Å². The second-order valence-corrected chi connectivity index (χ2v) is 8.19. The SMILES string of the molecule is C/C(=N/Nc1ccc(S(=O)(=O)Nc2ccc(Cl)cc2)cc1[N+](=O)[O-])c1ccccn1. The molecule has 0 radical (unpaired) electrons. The molecule has 1 heterocycles. The van der Waals surface area contributed by atoms with Gasteiger partial charge < -0.3 is 0 Å². The molecule has 0 aliphatic heterocycles. The van der Waals surface area contributed by atoms with Crippen molar-refractivity contribution >= 4 is 44.4 Å². The summed E-state index contributed by atoms with van der Waals surface area (Å²) >= 11 is 5.79. The molecule has 2 N–H and O–H groups in total. The number of aromatic nitrogens is 1. The monoisotopic (exact) mass is 445 g/mol. The summed E-state index contributed by atoms with van der Waals surface area (Å²) in [4.78, 5) is 14.7. The number of nitrogens with one attached hydrogen (secondary N) is 2. The van der Waals surface area contributed by atoms with Crippen LogP contribution in [0.3, 0.4) is 0 Å². The average Bonchev–Trinajstić information content (AvgIpc) is 2.74. The lowest BCUT2D eigenvalue weighted by atomic mass is 10.2. The van der Waals surface area contributed by atoms with Gasteiger partial charge in [-0.15, -0.1) is 0 Å². The molecule has 3 aromatic rings. The first-order valence-electron chi connectivity index (χ1n) is 8.55. The van der Waals surface area contributed by atoms with Crippen molar-refractivity contribution < 1.29 is 13.3 Å². The minimum Gasteiger partial charge on any atom is -0.280 e. The van der Waals surface area contributed by atoms with Crippen LogP contribution in [-0.4, -0.2) is 24.0 Å².